The minimum Gasteiger partial charge on any atom is -0.361 e. The van der Waals surface area contributed by atoms with E-state index in [1.165, 1.54) is 10.9 Å². The molecule has 0 spiro atoms. The van der Waals surface area contributed by atoms with Gasteiger partial charge >= 0.3 is 0 Å². The van der Waals surface area contributed by atoms with E-state index < -0.39 is 0 Å². The Labute approximate surface area is 102 Å². The van der Waals surface area contributed by atoms with E-state index in [9.17, 15) is 0 Å². The van der Waals surface area contributed by atoms with Crippen LogP contribution in [0.3, 0.4) is 0 Å². The van der Waals surface area contributed by atoms with Crippen LogP contribution in [0.5, 0.6) is 0 Å². The van der Waals surface area contributed by atoms with E-state index in [4.69, 9.17) is 0 Å². The minimum absolute atomic E-state index is 1.12. The zero-order valence-electron chi connectivity index (χ0n) is 8.60. The van der Waals surface area contributed by atoms with Crippen LogP contribution in [0, 0.1) is 0 Å². The summed E-state index contributed by atoms with van der Waals surface area (Å²) in [7, 11) is 0. The molecule has 80 valence electrons. The molecule has 16 heavy (non-hydrogen) atoms. The third kappa shape index (κ3) is 2.94. The van der Waals surface area contributed by atoms with E-state index in [1.807, 2.05) is 30.5 Å². The van der Waals surface area contributed by atoms with Crippen molar-refractivity contribution in [1.29, 1.82) is 0 Å². The fourth-order valence-corrected chi connectivity index (χ4v) is 1.72. The van der Waals surface area contributed by atoms with Crippen LogP contribution < -0.4 is 0 Å². The lowest BCUT2D eigenvalue weighted by atomic mass is 10.3. The molecule has 0 saturated heterocycles. The Bertz CT molecular complexity index is 519. The highest BCUT2D eigenvalue weighted by Gasteiger charge is 1.92. The van der Waals surface area contributed by atoms with Gasteiger partial charge in [0, 0.05) is 34.0 Å². The van der Waals surface area contributed by atoms with Crippen LogP contribution in [0.25, 0.3) is 10.9 Å². The van der Waals surface area contributed by atoms with Crippen LogP contribution in [-0.2, 0) is 0 Å². The van der Waals surface area contributed by atoms with E-state index in [1.54, 1.807) is 12.4 Å². The minimum atomic E-state index is 1.12. The zero-order valence-corrected chi connectivity index (χ0v) is 10.2. The Balaban J connectivity index is 0.000000138. The number of fused-ring (bicyclic) bond motifs is 1. The topological polar surface area (TPSA) is 28.7 Å². The number of aromatic nitrogens is 2. The van der Waals surface area contributed by atoms with Crippen molar-refractivity contribution in [2.75, 3.05) is 0 Å². The molecule has 1 aromatic carbocycles. The lowest BCUT2D eigenvalue weighted by molar-refractivity contribution is 1.33. The molecule has 1 N–H and O–H groups in total. The number of rotatable bonds is 0. The predicted octanol–water partition coefficient (Wildman–Crippen LogP) is 4.01. The molecule has 0 saturated carbocycles. The molecule has 0 atom stereocenters. The maximum Gasteiger partial charge on any atom is 0.0454 e. The van der Waals surface area contributed by atoms with Crippen LogP contribution >= 0.6 is 15.9 Å². The molecule has 0 aliphatic heterocycles. The lowest BCUT2D eigenvalue weighted by Gasteiger charge is -1.88. The van der Waals surface area contributed by atoms with E-state index in [-0.39, 0.29) is 0 Å². The monoisotopic (exact) mass is 274 g/mol. The maximum absolute atomic E-state index is 3.78. The summed E-state index contributed by atoms with van der Waals surface area (Å²) >= 11 is 3.40. The molecule has 2 aromatic heterocycles. The Morgan fingerprint density at radius 1 is 1.00 bits per heavy atom. The lowest BCUT2D eigenvalue weighted by Crippen LogP contribution is -1.65. The van der Waals surface area contributed by atoms with Crippen molar-refractivity contribution < 1.29 is 0 Å². The van der Waals surface area contributed by atoms with Gasteiger partial charge in [0.2, 0.25) is 0 Å². The van der Waals surface area contributed by atoms with Crippen LogP contribution in [0.2, 0.25) is 0 Å². The first-order valence-corrected chi connectivity index (χ1v) is 5.73. The van der Waals surface area contributed by atoms with E-state index in [2.05, 4.69) is 44.1 Å². The molecule has 3 heteroatoms. The van der Waals surface area contributed by atoms with Gasteiger partial charge in [-0.05, 0) is 36.4 Å². The number of hydrogen-bond acceptors (Lipinski definition) is 1. The first-order valence-electron chi connectivity index (χ1n) is 4.94. The quantitative estimate of drug-likeness (QED) is 0.659. The number of aromatic amines is 1. The molecule has 0 unspecified atom stereocenters. The highest BCUT2D eigenvalue weighted by Crippen LogP contribution is 2.17. The van der Waals surface area contributed by atoms with Crippen LogP contribution in [-0.4, -0.2) is 9.97 Å². The highest BCUT2D eigenvalue weighted by atomic mass is 79.9. The molecule has 0 aliphatic carbocycles. The summed E-state index contributed by atoms with van der Waals surface area (Å²) in [5, 5.41) is 1.24. The van der Waals surface area contributed by atoms with Gasteiger partial charge in [-0.25, -0.2) is 0 Å². The van der Waals surface area contributed by atoms with Crippen molar-refractivity contribution in [2.45, 2.75) is 0 Å². The SMILES string of the molecule is Brc1ccc2[nH]ccc2c1.c1ccncc1. The van der Waals surface area contributed by atoms with Gasteiger partial charge in [-0.15, -0.1) is 0 Å². The fraction of sp³-hybridized carbons (Fsp3) is 0. The number of halogens is 1. The van der Waals surface area contributed by atoms with Crippen molar-refractivity contribution >= 4 is 26.8 Å². The van der Waals surface area contributed by atoms with Crippen molar-refractivity contribution in [3.63, 3.8) is 0 Å². The second-order valence-electron chi connectivity index (χ2n) is 3.23. The fourth-order valence-electron chi connectivity index (χ4n) is 1.34. The van der Waals surface area contributed by atoms with Crippen LogP contribution in [0.15, 0.2) is 65.5 Å². The third-order valence-corrected chi connectivity index (χ3v) is 2.58. The highest BCUT2D eigenvalue weighted by molar-refractivity contribution is 9.10. The molecule has 0 amide bonds. The number of nitrogens with zero attached hydrogens (tertiary/aromatic N) is 1. The van der Waals surface area contributed by atoms with Crippen molar-refractivity contribution in [3.8, 4) is 0 Å². The largest absolute Gasteiger partial charge is 0.361 e. The van der Waals surface area contributed by atoms with Gasteiger partial charge in [0.25, 0.3) is 0 Å². The smallest absolute Gasteiger partial charge is 0.0454 e. The molecule has 0 bridgehead atoms. The van der Waals surface area contributed by atoms with Gasteiger partial charge in [-0.1, -0.05) is 22.0 Å². The number of benzene rings is 1. The molecule has 0 aliphatic rings. The van der Waals surface area contributed by atoms with Gasteiger partial charge in [-0.3, -0.25) is 4.98 Å². The Kier molecular flexibility index (Phi) is 3.72. The van der Waals surface area contributed by atoms with Crippen molar-refractivity contribution in [2.24, 2.45) is 0 Å². The molecular formula is C13H11BrN2. The van der Waals surface area contributed by atoms with E-state index in [0.29, 0.717) is 0 Å². The molecule has 0 fully saturated rings. The molecule has 2 heterocycles. The van der Waals surface area contributed by atoms with Crippen LogP contribution in [0.1, 0.15) is 0 Å². The summed E-state index contributed by atoms with van der Waals surface area (Å²) in [6.45, 7) is 0. The van der Waals surface area contributed by atoms with Crippen LogP contribution in [0.4, 0.5) is 0 Å². The maximum atomic E-state index is 3.78. The van der Waals surface area contributed by atoms with E-state index >= 15 is 0 Å². The standard InChI is InChI=1S/C8H6BrN.C5H5N/c9-7-1-2-8-6(5-7)3-4-10-8;1-2-4-6-5-3-1/h1-5,10H;1-5H. The Hall–Kier alpha value is -1.61. The molecule has 3 rings (SSSR count). The third-order valence-electron chi connectivity index (χ3n) is 2.08. The average Bonchev–Trinajstić information content (AvgIpc) is 2.79. The molecule has 2 nitrogen and oxygen atoms in total. The summed E-state index contributed by atoms with van der Waals surface area (Å²) in [5.74, 6) is 0. The number of pyridine rings is 1. The van der Waals surface area contributed by atoms with Gasteiger partial charge in [-0.2, -0.15) is 0 Å². The molecular weight excluding hydrogens is 264 g/mol. The second-order valence-corrected chi connectivity index (χ2v) is 4.15. The zero-order chi connectivity index (χ0) is 11.2. The van der Waals surface area contributed by atoms with Gasteiger partial charge in [0.05, 0.1) is 0 Å². The van der Waals surface area contributed by atoms with Gasteiger partial charge in [0.1, 0.15) is 0 Å². The summed E-state index contributed by atoms with van der Waals surface area (Å²) in [4.78, 5) is 6.91. The Morgan fingerprint density at radius 2 is 1.81 bits per heavy atom. The van der Waals surface area contributed by atoms with E-state index in [0.717, 1.165) is 4.47 Å². The number of nitrogens with one attached hydrogen (secondary N) is 1. The number of hydrogen-bond donors (Lipinski definition) is 1. The normalized spacial score (nSPS) is 9.56. The number of H-pyrrole nitrogens is 1. The summed E-state index contributed by atoms with van der Waals surface area (Å²) in [6.07, 6.45) is 5.44. The molecule has 3 aromatic rings. The summed E-state index contributed by atoms with van der Waals surface area (Å²) in [5.41, 5.74) is 1.18. The molecule has 0 radical (unpaired) electrons. The van der Waals surface area contributed by atoms with Gasteiger partial charge < -0.3 is 4.98 Å². The first-order chi connectivity index (χ1) is 7.86. The Morgan fingerprint density at radius 3 is 2.44 bits per heavy atom. The summed E-state index contributed by atoms with van der Waals surface area (Å²) < 4.78 is 1.12. The van der Waals surface area contributed by atoms with Gasteiger partial charge in [0.15, 0.2) is 0 Å². The van der Waals surface area contributed by atoms with Crippen molar-refractivity contribution in [3.05, 3.63) is 65.5 Å². The predicted molar refractivity (Wildman–Crippen MR) is 70.2 cm³/mol. The summed E-state index contributed by atoms with van der Waals surface area (Å²) in [6, 6.07) is 13.9. The van der Waals surface area contributed by atoms with Crippen molar-refractivity contribution in [1.82, 2.24) is 9.97 Å². The first kappa shape index (κ1) is 10.9. The second kappa shape index (κ2) is 5.47. The average molecular weight is 275 g/mol.